The summed E-state index contributed by atoms with van der Waals surface area (Å²) in [6.07, 6.45) is 0. The van der Waals surface area contributed by atoms with Crippen molar-refractivity contribution in [3.63, 3.8) is 0 Å². The van der Waals surface area contributed by atoms with Crippen molar-refractivity contribution in [3.8, 4) is 17.8 Å². The number of aromatic nitrogens is 1. The fraction of sp³-hybridized carbons (Fsp3) is 0.231. The Kier molecular flexibility index (Phi) is 4.43. The molecule has 0 bridgehead atoms. The number of hydrogen-bond acceptors (Lipinski definition) is 4. The molecule has 0 amide bonds. The topological polar surface area (TPSA) is 71.0 Å². The number of fused-ring (bicyclic) bond motifs is 3. The van der Waals surface area contributed by atoms with E-state index in [1.807, 2.05) is 82.3 Å². The molecular weight excluding hydrogens is 397 g/mol. The summed E-state index contributed by atoms with van der Waals surface area (Å²) in [4.78, 5) is 0. The number of rotatable bonds is 2. The molecule has 0 N–H and O–H groups in total. The lowest BCUT2D eigenvalue weighted by atomic mass is 9.79. The van der Waals surface area contributed by atoms with Gasteiger partial charge < -0.3 is 13.9 Å². The van der Waals surface area contributed by atoms with Gasteiger partial charge in [-0.25, -0.2) is 0 Å². The van der Waals surface area contributed by atoms with Crippen molar-refractivity contribution in [2.75, 3.05) is 0 Å². The van der Waals surface area contributed by atoms with Crippen molar-refractivity contribution in [1.82, 2.24) is 4.57 Å². The highest BCUT2D eigenvalue weighted by Gasteiger charge is 2.51. The molecule has 3 aromatic carbocycles. The fourth-order valence-electron chi connectivity index (χ4n) is 4.23. The van der Waals surface area contributed by atoms with E-state index in [1.165, 1.54) is 0 Å². The van der Waals surface area contributed by atoms with Gasteiger partial charge in [-0.1, -0.05) is 12.1 Å². The molecule has 1 aliphatic rings. The van der Waals surface area contributed by atoms with E-state index in [9.17, 15) is 10.5 Å². The first kappa shape index (κ1) is 20.3. The Morgan fingerprint density at radius 3 is 1.78 bits per heavy atom. The minimum Gasteiger partial charge on any atom is -0.399 e. The molecule has 156 valence electrons. The third kappa shape index (κ3) is 3.00. The van der Waals surface area contributed by atoms with Gasteiger partial charge in [0.05, 0.1) is 45.5 Å². The zero-order valence-corrected chi connectivity index (χ0v) is 18.5. The largest absolute Gasteiger partial charge is 0.494 e. The molecule has 0 atom stereocenters. The van der Waals surface area contributed by atoms with E-state index in [4.69, 9.17) is 9.31 Å². The van der Waals surface area contributed by atoms with E-state index in [0.29, 0.717) is 11.1 Å². The molecule has 1 aromatic heterocycles. The summed E-state index contributed by atoms with van der Waals surface area (Å²) >= 11 is 0. The highest BCUT2D eigenvalue weighted by Crippen LogP contribution is 2.37. The van der Waals surface area contributed by atoms with Crippen LogP contribution in [0.2, 0.25) is 0 Å². The Bertz CT molecular complexity index is 1380. The lowest BCUT2D eigenvalue weighted by molar-refractivity contribution is 0.00578. The molecule has 4 aromatic rings. The lowest BCUT2D eigenvalue weighted by Crippen LogP contribution is -2.41. The summed E-state index contributed by atoms with van der Waals surface area (Å²) in [5, 5.41) is 20.7. The maximum Gasteiger partial charge on any atom is 0.494 e. The normalized spacial score (nSPS) is 16.9. The molecule has 5 nitrogen and oxygen atoms in total. The van der Waals surface area contributed by atoms with Gasteiger partial charge >= 0.3 is 7.12 Å². The van der Waals surface area contributed by atoms with Gasteiger partial charge in [0, 0.05) is 16.5 Å². The first-order valence-electron chi connectivity index (χ1n) is 10.6. The second-order valence-electron chi connectivity index (χ2n) is 9.21. The van der Waals surface area contributed by atoms with Gasteiger partial charge in [0.2, 0.25) is 0 Å². The van der Waals surface area contributed by atoms with E-state index in [-0.39, 0.29) is 0 Å². The van der Waals surface area contributed by atoms with E-state index in [1.54, 1.807) is 0 Å². The van der Waals surface area contributed by atoms with Crippen molar-refractivity contribution in [2.45, 2.75) is 38.9 Å². The minimum absolute atomic E-state index is 0.415. The van der Waals surface area contributed by atoms with Crippen molar-refractivity contribution in [3.05, 3.63) is 71.8 Å². The quantitative estimate of drug-likeness (QED) is 0.437. The standard InChI is InChI=1S/C26H22BN3O2/c1-25(2)26(3,4)32-27(31-25)19-6-5-7-20(14-19)30-23-10-8-17(15-28)12-21(23)22-13-18(16-29)9-11-24(22)30/h5-14H,1-4H3. The van der Waals surface area contributed by atoms with E-state index in [2.05, 4.69) is 22.8 Å². The maximum atomic E-state index is 9.40. The SMILES string of the molecule is CC1(C)OB(c2cccc(-n3c4ccc(C#N)cc4c4cc(C#N)ccc43)c2)OC1(C)C. The summed E-state index contributed by atoms with van der Waals surface area (Å²) in [5.74, 6) is 0. The Labute approximate surface area is 187 Å². The molecule has 0 saturated carbocycles. The zero-order chi connectivity index (χ0) is 22.7. The Morgan fingerprint density at radius 2 is 1.28 bits per heavy atom. The summed E-state index contributed by atoms with van der Waals surface area (Å²) in [6.45, 7) is 8.18. The van der Waals surface area contributed by atoms with Crippen LogP contribution < -0.4 is 5.46 Å². The van der Waals surface area contributed by atoms with Crippen molar-refractivity contribution in [1.29, 1.82) is 10.5 Å². The van der Waals surface area contributed by atoms with Crippen LogP contribution in [-0.2, 0) is 9.31 Å². The highest BCUT2D eigenvalue weighted by atomic mass is 16.7. The van der Waals surface area contributed by atoms with Crippen LogP contribution in [0, 0.1) is 22.7 Å². The molecule has 32 heavy (non-hydrogen) atoms. The van der Waals surface area contributed by atoms with Crippen LogP contribution in [-0.4, -0.2) is 22.9 Å². The van der Waals surface area contributed by atoms with Crippen LogP contribution in [0.1, 0.15) is 38.8 Å². The number of nitriles is 2. The fourth-order valence-corrected chi connectivity index (χ4v) is 4.23. The highest BCUT2D eigenvalue weighted by molar-refractivity contribution is 6.62. The van der Waals surface area contributed by atoms with Gasteiger partial charge in [0.25, 0.3) is 0 Å². The molecule has 1 fully saturated rings. The van der Waals surface area contributed by atoms with Crippen LogP contribution in [0.5, 0.6) is 0 Å². The minimum atomic E-state index is -0.455. The van der Waals surface area contributed by atoms with Gasteiger partial charge in [-0.15, -0.1) is 0 Å². The Morgan fingerprint density at radius 1 is 0.750 bits per heavy atom. The van der Waals surface area contributed by atoms with E-state index in [0.717, 1.165) is 33.0 Å². The predicted octanol–water partition coefficient (Wildman–Crippen LogP) is 4.83. The smallest absolute Gasteiger partial charge is 0.399 e. The van der Waals surface area contributed by atoms with E-state index >= 15 is 0 Å². The summed E-state index contributed by atoms with van der Waals surface area (Å²) in [5.41, 5.74) is 4.20. The van der Waals surface area contributed by atoms with Gasteiger partial charge in [0.15, 0.2) is 0 Å². The third-order valence-corrected chi connectivity index (χ3v) is 6.68. The Hall–Kier alpha value is -3.58. The van der Waals surface area contributed by atoms with Crippen LogP contribution >= 0.6 is 0 Å². The number of hydrogen-bond donors (Lipinski definition) is 0. The molecule has 0 unspecified atom stereocenters. The van der Waals surface area contributed by atoms with Crippen molar-refractivity contribution < 1.29 is 9.31 Å². The molecule has 0 aliphatic carbocycles. The molecule has 2 heterocycles. The van der Waals surface area contributed by atoms with Crippen LogP contribution in [0.4, 0.5) is 0 Å². The molecule has 1 saturated heterocycles. The number of nitrogens with zero attached hydrogens (tertiary/aromatic N) is 3. The molecular formula is C26H22BN3O2. The average molecular weight is 419 g/mol. The second kappa shape index (κ2) is 6.97. The average Bonchev–Trinajstić information content (AvgIpc) is 3.22. The monoisotopic (exact) mass is 419 g/mol. The van der Waals surface area contributed by atoms with E-state index < -0.39 is 18.3 Å². The molecule has 1 aliphatic heterocycles. The predicted molar refractivity (Wildman–Crippen MR) is 126 cm³/mol. The van der Waals surface area contributed by atoms with Gasteiger partial charge in [-0.3, -0.25) is 0 Å². The summed E-state index contributed by atoms with van der Waals surface area (Å²) in [6, 6.07) is 23.9. The maximum absolute atomic E-state index is 9.40. The first-order chi connectivity index (χ1) is 15.2. The summed E-state index contributed by atoms with van der Waals surface area (Å²) in [7, 11) is -0.455. The van der Waals surface area contributed by atoms with Crippen LogP contribution in [0.3, 0.4) is 0 Å². The second-order valence-corrected chi connectivity index (χ2v) is 9.21. The van der Waals surface area contributed by atoms with Crippen LogP contribution in [0.15, 0.2) is 60.7 Å². The van der Waals surface area contributed by atoms with Gasteiger partial charge in [-0.05, 0) is 81.7 Å². The molecule has 6 heteroatoms. The van der Waals surface area contributed by atoms with Crippen LogP contribution in [0.25, 0.3) is 27.5 Å². The summed E-state index contributed by atoms with van der Waals surface area (Å²) < 4.78 is 14.7. The molecule has 5 rings (SSSR count). The van der Waals surface area contributed by atoms with Crippen molar-refractivity contribution in [2.24, 2.45) is 0 Å². The van der Waals surface area contributed by atoms with Gasteiger partial charge in [0.1, 0.15) is 0 Å². The zero-order valence-electron chi connectivity index (χ0n) is 18.5. The first-order valence-corrected chi connectivity index (χ1v) is 10.6. The lowest BCUT2D eigenvalue weighted by Gasteiger charge is -2.32. The Balaban J connectivity index is 1.71. The molecule has 0 spiro atoms. The number of benzene rings is 3. The third-order valence-electron chi connectivity index (χ3n) is 6.68. The molecule has 0 radical (unpaired) electrons. The van der Waals surface area contributed by atoms with Crippen molar-refractivity contribution >= 4 is 34.4 Å². The van der Waals surface area contributed by atoms with Gasteiger partial charge in [-0.2, -0.15) is 10.5 Å².